The van der Waals surface area contributed by atoms with Gasteiger partial charge in [0.1, 0.15) is 0 Å². The van der Waals surface area contributed by atoms with Gasteiger partial charge in [0, 0.05) is 11.6 Å². The van der Waals surface area contributed by atoms with E-state index in [1.807, 2.05) is 0 Å². The van der Waals surface area contributed by atoms with Gasteiger partial charge in [0.05, 0.1) is 26.2 Å². The molecule has 0 radical (unpaired) electrons. The van der Waals surface area contributed by atoms with E-state index in [1.165, 1.54) is 38.5 Å². The SMILES string of the molecule is ClC(N1CCCCC1)=[N+]1CCCCC1.[Cl-]. The standard InChI is InChI=1S/C11H20ClN2.ClH/c12-11(13-7-3-1-4-8-13)14-9-5-2-6-10-14;/h1-10H2;1H/q+1;/p-1. The fourth-order valence-corrected chi connectivity index (χ4v) is 2.69. The van der Waals surface area contributed by atoms with Gasteiger partial charge in [-0.1, -0.05) is 0 Å². The van der Waals surface area contributed by atoms with Crippen molar-refractivity contribution in [2.75, 3.05) is 26.2 Å². The monoisotopic (exact) mass is 250 g/mol. The second-order valence-corrected chi connectivity index (χ2v) is 4.70. The maximum absolute atomic E-state index is 6.41. The lowest BCUT2D eigenvalue weighted by atomic mass is 10.1. The van der Waals surface area contributed by atoms with Crippen molar-refractivity contribution >= 4 is 16.9 Å². The second kappa shape index (κ2) is 6.59. The fraction of sp³-hybridized carbons (Fsp3) is 0.909. The summed E-state index contributed by atoms with van der Waals surface area (Å²) in [5.74, 6) is 0. The summed E-state index contributed by atoms with van der Waals surface area (Å²) in [7, 11) is 0. The van der Waals surface area contributed by atoms with Crippen molar-refractivity contribution in [3.63, 3.8) is 0 Å². The molecule has 0 N–H and O–H groups in total. The van der Waals surface area contributed by atoms with E-state index in [4.69, 9.17) is 11.6 Å². The summed E-state index contributed by atoms with van der Waals surface area (Å²) in [5.41, 5.74) is 0. The largest absolute Gasteiger partial charge is 1.00 e. The van der Waals surface area contributed by atoms with Crippen molar-refractivity contribution < 1.29 is 17.0 Å². The molecule has 0 atom stereocenters. The molecule has 0 aromatic rings. The lowest BCUT2D eigenvalue weighted by Gasteiger charge is -2.24. The van der Waals surface area contributed by atoms with Gasteiger partial charge in [-0.15, -0.1) is 0 Å². The molecule has 2 rings (SSSR count). The Kier molecular flexibility index (Phi) is 5.77. The highest BCUT2D eigenvalue weighted by molar-refractivity contribution is 6.63. The first-order valence-electron chi connectivity index (χ1n) is 5.90. The average Bonchev–Trinajstić information content (AvgIpc) is 2.30. The van der Waals surface area contributed by atoms with Gasteiger partial charge in [-0.2, -0.15) is 0 Å². The summed E-state index contributed by atoms with van der Waals surface area (Å²) in [5, 5.41) is 1.02. The summed E-state index contributed by atoms with van der Waals surface area (Å²) < 4.78 is 2.36. The zero-order valence-electron chi connectivity index (χ0n) is 9.22. The molecule has 2 aliphatic heterocycles. The molecule has 0 aromatic heterocycles. The summed E-state index contributed by atoms with van der Waals surface area (Å²) in [6.45, 7) is 4.65. The van der Waals surface area contributed by atoms with Crippen molar-refractivity contribution in [1.82, 2.24) is 4.90 Å². The fourth-order valence-electron chi connectivity index (χ4n) is 2.36. The van der Waals surface area contributed by atoms with Crippen LogP contribution in [0.5, 0.6) is 0 Å². The zero-order valence-corrected chi connectivity index (χ0v) is 10.7. The first kappa shape index (κ1) is 13.1. The van der Waals surface area contributed by atoms with Gasteiger partial charge in [-0.05, 0) is 38.5 Å². The van der Waals surface area contributed by atoms with Crippen molar-refractivity contribution in [3.8, 4) is 0 Å². The summed E-state index contributed by atoms with van der Waals surface area (Å²) >= 11 is 6.41. The van der Waals surface area contributed by atoms with Crippen LogP contribution in [0.15, 0.2) is 0 Å². The topological polar surface area (TPSA) is 6.25 Å². The molecule has 2 nitrogen and oxygen atoms in total. The van der Waals surface area contributed by atoms with Crippen LogP contribution in [0.25, 0.3) is 0 Å². The first-order chi connectivity index (χ1) is 6.88. The van der Waals surface area contributed by atoms with Crippen LogP contribution in [-0.2, 0) is 0 Å². The minimum absolute atomic E-state index is 0. The molecule has 4 heteroatoms. The molecule has 0 spiro atoms. The number of hydrogen-bond donors (Lipinski definition) is 0. The molecular formula is C11H20Cl2N2. The van der Waals surface area contributed by atoms with Gasteiger partial charge in [-0.3, -0.25) is 9.48 Å². The highest BCUT2D eigenvalue weighted by atomic mass is 35.5. The molecule has 88 valence electrons. The van der Waals surface area contributed by atoms with Gasteiger partial charge in [0.15, 0.2) is 0 Å². The number of likely N-dealkylation sites (tertiary alicyclic amines) is 1. The van der Waals surface area contributed by atoms with Crippen LogP contribution in [0.3, 0.4) is 0 Å². The molecule has 0 saturated carbocycles. The molecule has 0 aliphatic carbocycles. The number of piperidine rings is 2. The first-order valence-corrected chi connectivity index (χ1v) is 6.28. The molecule has 2 heterocycles. The van der Waals surface area contributed by atoms with Gasteiger partial charge < -0.3 is 12.4 Å². The lowest BCUT2D eigenvalue weighted by molar-refractivity contribution is -0.539. The van der Waals surface area contributed by atoms with Crippen LogP contribution in [0.1, 0.15) is 38.5 Å². The Morgan fingerprint density at radius 1 is 0.867 bits per heavy atom. The summed E-state index contributed by atoms with van der Waals surface area (Å²) in [6.07, 6.45) is 7.99. The van der Waals surface area contributed by atoms with E-state index in [0.717, 1.165) is 31.5 Å². The Morgan fingerprint density at radius 3 is 2.00 bits per heavy atom. The van der Waals surface area contributed by atoms with Crippen LogP contribution < -0.4 is 12.4 Å². The number of hydrogen-bond acceptors (Lipinski definition) is 0. The Morgan fingerprint density at radius 2 is 1.40 bits per heavy atom. The van der Waals surface area contributed by atoms with E-state index in [0.29, 0.717) is 0 Å². The van der Waals surface area contributed by atoms with E-state index in [-0.39, 0.29) is 12.4 Å². The van der Waals surface area contributed by atoms with Crippen LogP contribution in [-0.4, -0.2) is 40.9 Å². The van der Waals surface area contributed by atoms with E-state index in [2.05, 4.69) is 9.48 Å². The highest BCUT2D eigenvalue weighted by Gasteiger charge is 2.23. The third-order valence-electron chi connectivity index (χ3n) is 3.23. The average molecular weight is 251 g/mol. The predicted molar refractivity (Wildman–Crippen MR) is 60.1 cm³/mol. The van der Waals surface area contributed by atoms with Gasteiger partial charge in [0.25, 0.3) is 0 Å². The van der Waals surface area contributed by atoms with Crippen molar-refractivity contribution in [2.24, 2.45) is 0 Å². The smallest absolute Gasteiger partial charge is 0.345 e. The van der Waals surface area contributed by atoms with E-state index < -0.39 is 0 Å². The van der Waals surface area contributed by atoms with Crippen molar-refractivity contribution in [2.45, 2.75) is 38.5 Å². The highest BCUT2D eigenvalue weighted by Crippen LogP contribution is 2.13. The molecule has 0 bridgehead atoms. The minimum atomic E-state index is 0. The number of halogens is 2. The zero-order chi connectivity index (χ0) is 9.80. The normalized spacial score (nSPS) is 22.2. The summed E-state index contributed by atoms with van der Waals surface area (Å²) in [4.78, 5) is 2.36. The molecule has 0 unspecified atom stereocenters. The maximum atomic E-state index is 6.41. The summed E-state index contributed by atoms with van der Waals surface area (Å²) in [6, 6.07) is 0. The second-order valence-electron chi connectivity index (χ2n) is 4.36. The van der Waals surface area contributed by atoms with Gasteiger partial charge in [0.2, 0.25) is 0 Å². The van der Waals surface area contributed by atoms with Crippen LogP contribution in [0.4, 0.5) is 0 Å². The lowest BCUT2D eigenvalue weighted by Crippen LogP contribution is -3.00. The Labute approximate surface area is 104 Å². The minimum Gasteiger partial charge on any atom is -1.00 e. The molecule has 0 amide bonds. The molecule has 0 aromatic carbocycles. The van der Waals surface area contributed by atoms with Gasteiger partial charge in [-0.25, -0.2) is 0 Å². The third kappa shape index (κ3) is 3.53. The molecule has 15 heavy (non-hydrogen) atoms. The number of rotatable bonds is 0. The van der Waals surface area contributed by atoms with E-state index in [9.17, 15) is 0 Å². The number of nitrogens with zero attached hydrogens (tertiary/aromatic N) is 2. The van der Waals surface area contributed by atoms with Crippen molar-refractivity contribution in [3.05, 3.63) is 0 Å². The molecule has 2 aliphatic rings. The van der Waals surface area contributed by atoms with Crippen LogP contribution in [0.2, 0.25) is 0 Å². The van der Waals surface area contributed by atoms with Crippen LogP contribution in [0, 0.1) is 0 Å². The maximum Gasteiger partial charge on any atom is 0.345 e. The molecular weight excluding hydrogens is 231 g/mol. The van der Waals surface area contributed by atoms with Crippen molar-refractivity contribution in [1.29, 1.82) is 0 Å². The molecule has 2 saturated heterocycles. The third-order valence-corrected chi connectivity index (χ3v) is 3.71. The molecule has 2 fully saturated rings. The van der Waals surface area contributed by atoms with E-state index >= 15 is 0 Å². The van der Waals surface area contributed by atoms with Crippen LogP contribution >= 0.6 is 11.6 Å². The Bertz CT molecular complexity index is 215. The number of amidine groups is 1. The predicted octanol–water partition coefficient (Wildman–Crippen LogP) is -0.732. The Hall–Kier alpha value is 0.0500. The Balaban J connectivity index is 0.00000112. The quantitative estimate of drug-likeness (QED) is 0.312. The van der Waals surface area contributed by atoms with Gasteiger partial charge >= 0.3 is 5.29 Å². The van der Waals surface area contributed by atoms with E-state index in [1.54, 1.807) is 0 Å².